The number of hydrogen-bond acceptors (Lipinski definition) is 7. The summed E-state index contributed by atoms with van der Waals surface area (Å²) >= 11 is 0. The molecule has 1 fully saturated rings. The molecule has 5 heterocycles. The van der Waals surface area contributed by atoms with E-state index in [2.05, 4.69) is 27.9 Å². The first-order valence-electron chi connectivity index (χ1n) is 11.7. The Morgan fingerprint density at radius 2 is 1.97 bits per heavy atom. The maximum atomic E-state index is 13.1. The molecule has 1 saturated heterocycles. The molecular formula is C25H30N6O2. The van der Waals surface area contributed by atoms with Crippen LogP contribution in [0.5, 0.6) is 0 Å². The second-order valence-corrected chi connectivity index (χ2v) is 9.05. The average Bonchev–Trinajstić information content (AvgIpc) is 3.17. The lowest BCUT2D eigenvalue weighted by molar-refractivity contribution is 0.0670. The van der Waals surface area contributed by atoms with Crippen LogP contribution in [0.2, 0.25) is 0 Å². The normalized spacial score (nSPS) is 18.3. The molecule has 33 heavy (non-hydrogen) atoms. The standard InChI is InChI=1S/C25H30N6O2/c1-16-21-10-7-12-30(15-20-9-4-5-11-26-20)24(21)29-23(28-16)19-8-6-13-31(14-19)25(32)22-17(2)27-18(3)33-22/h4-5,9,11,19H,6-8,10,12-15H2,1-3H3/t19-/m0/s1. The molecular weight excluding hydrogens is 416 g/mol. The molecule has 8 nitrogen and oxygen atoms in total. The second kappa shape index (κ2) is 8.92. The maximum absolute atomic E-state index is 13.1. The molecule has 1 amide bonds. The van der Waals surface area contributed by atoms with Gasteiger partial charge in [-0.2, -0.15) is 0 Å². The molecule has 0 bridgehead atoms. The molecule has 1 atom stereocenters. The number of oxazole rings is 1. The predicted octanol–water partition coefficient (Wildman–Crippen LogP) is 3.76. The summed E-state index contributed by atoms with van der Waals surface area (Å²) in [5.41, 5.74) is 3.96. The van der Waals surface area contributed by atoms with E-state index in [9.17, 15) is 4.79 Å². The van der Waals surface area contributed by atoms with Crippen LogP contribution in [0.1, 0.15) is 70.1 Å². The molecule has 0 N–H and O–H groups in total. The molecule has 2 aliphatic heterocycles. The Kier molecular flexibility index (Phi) is 5.83. The van der Waals surface area contributed by atoms with Crippen molar-refractivity contribution in [1.82, 2.24) is 24.8 Å². The number of aryl methyl sites for hydroxylation is 3. The van der Waals surface area contributed by atoms with Crippen molar-refractivity contribution in [1.29, 1.82) is 0 Å². The van der Waals surface area contributed by atoms with Crippen LogP contribution in [0, 0.1) is 20.8 Å². The van der Waals surface area contributed by atoms with E-state index in [0.29, 0.717) is 30.4 Å². The average molecular weight is 447 g/mol. The van der Waals surface area contributed by atoms with E-state index >= 15 is 0 Å². The predicted molar refractivity (Wildman–Crippen MR) is 124 cm³/mol. The minimum Gasteiger partial charge on any atom is -0.436 e. The first-order chi connectivity index (χ1) is 16.0. The number of carbonyl (C=O) groups is 1. The maximum Gasteiger partial charge on any atom is 0.291 e. The number of nitrogens with zero attached hydrogens (tertiary/aromatic N) is 6. The molecule has 0 saturated carbocycles. The van der Waals surface area contributed by atoms with Crippen LogP contribution in [0.4, 0.5) is 5.82 Å². The summed E-state index contributed by atoms with van der Waals surface area (Å²) in [6, 6.07) is 6.02. The number of anilines is 1. The van der Waals surface area contributed by atoms with Gasteiger partial charge in [0.25, 0.3) is 5.91 Å². The number of rotatable bonds is 4. The van der Waals surface area contributed by atoms with E-state index in [1.165, 1.54) is 5.56 Å². The summed E-state index contributed by atoms with van der Waals surface area (Å²) in [4.78, 5) is 36.0. The number of carbonyl (C=O) groups excluding carboxylic acids is 1. The summed E-state index contributed by atoms with van der Waals surface area (Å²) in [7, 11) is 0. The third kappa shape index (κ3) is 4.34. The monoisotopic (exact) mass is 446 g/mol. The van der Waals surface area contributed by atoms with E-state index in [-0.39, 0.29) is 11.8 Å². The van der Waals surface area contributed by atoms with Gasteiger partial charge in [-0.3, -0.25) is 9.78 Å². The smallest absolute Gasteiger partial charge is 0.291 e. The van der Waals surface area contributed by atoms with Crippen molar-refractivity contribution in [3.8, 4) is 0 Å². The highest BCUT2D eigenvalue weighted by Crippen LogP contribution is 2.32. The van der Waals surface area contributed by atoms with Crippen molar-refractivity contribution < 1.29 is 9.21 Å². The van der Waals surface area contributed by atoms with Gasteiger partial charge in [-0.15, -0.1) is 0 Å². The van der Waals surface area contributed by atoms with E-state index in [1.807, 2.05) is 30.2 Å². The number of amides is 1. The van der Waals surface area contributed by atoms with E-state index in [1.54, 1.807) is 6.92 Å². The lowest BCUT2D eigenvalue weighted by Crippen LogP contribution is -2.40. The van der Waals surface area contributed by atoms with Gasteiger partial charge < -0.3 is 14.2 Å². The van der Waals surface area contributed by atoms with Crippen LogP contribution in [0.25, 0.3) is 0 Å². The first-order valence-corrected chi connectivity index (χ1v) is 11.7. The molecule has 0 aliphatic carbocycles. The highest BCUT2D eigenvalue weighted by Gasteiger charge is 2.31. The quantitative estimate of drug-likeness (QED) is 0.603. The molecule has 0 spiro atoms. The topological polar surface area (TPSA) is 88.3 Å². The van der Waals surface area contributed by atoms with Crippen LogP contribution >= 0.6 is 0 Å². The first kappa shape index (κ1) is 21.6. The number of piperidine rings is 1. The molecule has 5 rings (SSSR count). The molecule has 3 aromatic rings. The summed E-state index contributed by atoms with van der Waals surface area (Å²) in [5, 5.41) is 0. The van der Waals surface area contributed by atoms with Gasteiger partial charge >= 0.3 is 0 Å². The molecule has 2 aliphatic rings. The Balaban J connectivity index is 1.40. The Hall–Kier alpha value is -3.29. The van der Waals surface area contributed by atoms with Gasteiger partial charge in [0, 0.05) is 49.9 Å². The minimum absolute atomic E-state index is 0.0933. The number of aromatic nitrogens is 4. The van der Waals surface area contributed by atoms with E-state index in [4.69, 9.17) is 14.4 Å². The summed E-state index contributed by atoms with van der Waals surface area (Å²) < 4.78 is 5.59. The van der Waals surface area contributed by atoms with Crippen molar-refractivity contribution in [2.75, 3.05) is 24.5 Å². The number of hydrogen-bond donors (Lipinski definition) is 0. The Labute approximate surface area is 194 Å². The van der Waals surface area contributed by atoms with Crippen molar-refractivity contribution >= 4 is 11.7 Å². The van der Waals surface area contributed by atoms with Gasteiger partial charge in [0.1, 0.15) is 11.6 Å². The number of pyridine rings is 1. The fourth-order valence-corrected chi connectivity index (χ4v) is 4.98. The Morgan fingerprint density at radius 3 is 2.73 bits per heavy atom. The van der Waals surface area contributed by atoms with Gasteiger partial charge in [-0.05, 0) is 51.7 Å². The minimum atomic E-state index is -0.0933. The van der Waals surface area contributed by atoms with Crippen molar-refractivity contribution in [2.24, 2.45) is 0 Å². The molecule has 0 radical (unpaired) electrons. The highest BCUT2D eigenvalue weighted by molar-refractivity contribution is 5.92. The van der Waals surface area contributed by atoms with Crippen LogP contribution in [0.3, 0.4) is 0 Å². The molecule has 3 aromatic heterocycles. The van der Waals surface area contributed by atoms with Crippen LogP contribution in [0.15, 0.2) is 28.8 Å². The summed E-state index contributed by atoms with van der Waals surface area (Å²) in [6.07, 6.45) is 5.81. The highest BCUT2D eigenvalue weighted by atomic mass is 16.4. The Morgan fingerprint density at radius 1 is 1.09 bits per heavy atom. The van der Waals surface area contributed by atoms with Crippen LogP contribution in [-0.4, -0.2) is 50.4 Å². The number of likely N-dealkylation sites (tertiary alicyclic amines) is 1. The Bertz CT molecular complexity index is 1160. The van der Waals surface area contributed by atoms with Crippen LogP contribution in [-0.2, 0) is 13.0 Å². The number of fused-ring (bicyclic) bond motifs is 1. The molecule has 8 heteroatoms. The lowest BCUT2D eigenvalue weighted by atomic mass is 9.95. The van der Waals surface area contributed by atoms with Gasteiger partial charge in [0.15, 0.2) is 5.89 Å². The van der Waals surface area contributed by atoms with E-state index < -0.39 is 0 Å². The lowest BCUT2D eigenvalue weighted by Gasteiger charge is -2.34. The molecule has 0 aromatic carbocycles. The largest absolute Gasteiger partial charge is 0.436 e. The third-order valence-corrected chi connectivity index (χ3v) is 6.61. The zero-order valence-corrected chi connectivity index (χ0v) is 19.5. The van der Waals surface area contributed by atoms with Crippen molar-refractivity contribution in [3.05, 3.63) is 64.5 Å². The van der Waals surface area contributed by atoms with Crippen molar-refractivity contribution in [2.45, 2.75) is 58.9 Å². The SMILES string of the molecule is Cc1nc(C)c(C(=O)N2CCC[C@H](c3nc(C)c4c(n3)N(Cc3ccccn3)CCC4)C2)o1. The van der Waals surface area contributed by atoms with Gasteiger partial charge in [0.05, 0.1) is 17.9 Å². The fraction of sp³-hybridized carbons (Fsp3) is 0.480. The summed E-state index contributed by atoms with van der Waals surface area (Å²) in [5.74, 6) is 2.74. The van der Waals surface area contributed by atoms with Gasteiger partial charge in [0.2, 0.25) is 5.76 Å². The molecule has 172 valence electrons. The second-order valence-electron chi connectivity index (χ2n) is 9.05. The molecule has 0 unspecified atom stereocenters. The van der Waals surface area contributed by atoms with Crippen LogP contribution < -0.4 is 4.90 Å². The van der Waals surface area contributed by atoms with Gasteiger partial charge in [-0.1, -0.05) is 6.07 Å². The summed E-state index contributed by atoms with van der Waals surface area (Å²) in [6.45, 7) is 8.67. The van der Waals surface area contributed by atoms with Gasteiger partial charge in [-0.25, -0.2) is 15.0 Å². The van der Waals surface area contributed by atoms with Crippen molar-refractivity contribution in [3.63, 3.8) is 0 Å². The zero-order valence-electron chi connectivity index (χ0n) is 19.5. The van der Waals surface area contributed by atoms with E-state index in [0.717, 1.165) is 61.8 Å². The zero-order chi connectivity index (χ0) is 22.9. The third-order valence-electron chi connectivity index (χ3n) is 6.61. The fourth-order valence-electron chi connectivity index (χ4n) is 4.98.